The SMILES string of the molecule is CCNC(=O)Cc1sc(Cl)nc1C(F)(F)F. The Bertz CT molecular complexity index is 391. The first-order valence-electron chi connectivity index (χ1n) is 4.33. The minimum absolute atomic E-state index is 0.163. The molecule has 0 aliphatic carbocycles. The number of nitrogens with zero attached hydrogens (tertiary/aromatic N) is 1. The fourth-order valence-corrected chi connectivity index (χ4v) is 2.24. The molecule has 0 spiro atoms. The highest BCUT2D eigenvalue weighted by molar-refractivity contribution is 7.15. The van der Waals surface area contributed by atoms with Gasteiger partial charge in [0.25, 0.3) is 0 Å². The molecule has 0 saturated carbocycles. The van der Waals surface area contributed by atoms with Crippen molar-refractivity contribution in [3.05, 3.63) is 15.0 Å². The van der Waals surface area contributed by atoms with Crippen LogP contribution in [0.3, 0.4) is 0 Å². The van der Waals surface area contributed by atoms with Gasteiger partial charge < -0.3 is 5.32 Å². The first-order valence-corrected chi connectivity index (χ1v) is 5.53. The molecule has 0 bridgehead atoms. The predicted octanol–water partition coefficient (Wildman–Crippen LogP) is 2.49. The van der Waals surface area contributed by atoms with Gasteiger partial charge in [0.15, 0.2) is 10.2 Å². The Morgan fingerprint density at radius 3 is 2.69 bits per heavy atom. The highest BCUT2D eigenvalue weighted by Gasteiger charge is 2.37. The third kappa shape index (κ3) is 3.34. The third-order valence-corrected chi connectivity index (χ3v) is 2.79. The highest BCUT2D eigenvalue weighted by atomic mass is 35.5. The van der Waals surface area contributed by atoms with Gasteiger partial charge in [0.2, 0.25) is 5.91 Å². The smallest absolute Gasteiger partial charge is 0.356 e. The summed E-state index contributed by atoms with van der Waals surface area (Å²) in [6, 6.07) is 0. The summed E-state index contributed by atoms with van der Waals surface area (Å²) in [5.74, 6) is -0.478. The lowest BCUT2D eigenvalue weighted by Crippen LogP contribution is -2.25. The Morgan fingerprint density at radius 2 is 2.19 bits per heavy atom. The molecular weight excluding hydrogens is 265 g/mol. The number of amides is 1. The van der Waals surface area contributed by atoms with Gasteiger partial charge in [0.05, 0.1) is 6.42 Å². The van der Waals surface area contributed by atoms with Crippen LogP contribution in [-0.2, 0) is 17.4 Å². The lowest BCUT2D eigenvalue weighted by atomic mass is 10.2. The topological polar surface area (TPSA) is 42.0 Å². The van der Waals surface area contributed by atoms with E-state index >= 15 is 0 Å². The van der Waals surface area contributed by atoms with Crippen LogP contribution < -0.4 is 5.32 Å². The summed E-state index contributed by atoms with van der Waals surface area (Å²) in [5, 5.41) is 2.41. The molecule has 90 valence electrons. The van der Waals surface area contributed by atoms with Gasteiger partial charge in [0, 0.05) is 11.4 Å². The highest BCUT2D eigenvalue weighted by Crippen LogP contribution is 2.36. The average Bonchev–Trinajstić information content (AvgIpc) is 2.46. The molecule has 0 radical (unpaired) electrons. The second-order valence-electron chi connectivity index (χ2n) is 2.87. The summed E-state index contributed by atoms with van der Waals surface area (Å²) in [5.41, 5.74) is -1.08. The van der Waals surface area contributed by atoms with Gasteiger partial charge in [-0.3, -0.25) is 4.79 Å². The van der Waals surface area contributed by atoms with Crippen molar-refractivity contribution in [3.8, 4) is 0 Å². The zero-order valence-electron chi connectivity index (χ0n) is 8.19. The minimum Gasteiger partial charge on any atom is -0.356 e. The van der Waals surface area contributed by atoms with Crippen molar-refractivity contribution < 1.29 is 18.0 Å². The second-order valence-corrected chi connectivity index (χ2v) is 4.53. The number of hydrogen-bond donors (Lipinski definition) is 1. The van der Waals surface area contributed by atoms with Gasteiger partial charge in [-0.15, -0.1) is 11.3 Å². The maximum atomic E-state index is 12.5. The number of carbonyl (C=O) groups excluding carboxylic acids is 1. The molecule has 1 N–H and O–H groups in total. The van der Waals surface area contributed by atoms with E-state index in [0.717, 1.165) is 0 Å². The number of nitrogens with one attached hydrogen (secondary N) is 1. The molecule has 1 heterocycles. The van der Waals surface area contributed by atoms with Gasteiger partial charge in [-0.1, -0.05) is 11.6 Å². The zero-order chi connectivity index (χ0) is 12.3. The van der Waals surface area contributed by atoms with E-state index in [4.69, 9.17) is 11.6 Å². The van der Waals surface area contributed by atoms with Crippen molar-refractivity contribution in [2.75, 3.05) is 6.54 Å². The molecule has 8 heteroatoms. The molecule has 0 saturated heterocycles. The summed E-state index contributed by atoms with van der Waals surface area (Å²) in [7, 11) is 0. The summed E-state index contributed by atoms with van der Waals surface area (Å²) < 4.78 is 37.1. The standard InChI is InChI=1S/C8H8ClF3N2OS/c1-2-13-5(15)3-4-6(8(10,11)12)14-7(9)16-4/h2-3H2,1H3,(H,13,15). The van der Waals surface area contributed by atoms with Gasteiger partial charge in [0.1, 0.15) is 0 Å². The molecular formula is C8H8ClF3N2OS. The molecule has 0 atom stereocenters. The largest absolute Gasteiger partial charge is 0.434 e. The van der Waals surface area contributed by atoms with Gasteiger partial charge in [-0.05, 0) is 6.92 Å². The van der Waals surface area contributed by atoms with E-state index in [0.29, 0.717) is 17.9 Å². The van der Waals surface area contributed by atoms with Crippen LogP contribution in [-0.4, -0.2) is 17.4 Å². The number of thiazole rings is 1. The van der Waals surface area contributed by atoms with Crippen LogP contribution in [0.2, 0.25) is 4.47 Å². The molecule has 1 amide bonds. The van der Waals surface area contributed by atoms with Crippen molar-refractivity contribution in [1.29, 1.82) is 0 Å². The van der Waals surface area contributed by atoms with Crippen LogP contribution >= 0.6 is 22.9 Å². The number of likely N-dealkylation sites (N-methyl/N-ethyl adjacent to an activating group) is 1. The maximum absolute atomic E-state index is 12.5. The molecule has 0 fully saturated rings. The number of aromatic nitrogens is 1. The van der Waals surface area contributed by atoms with E-state index in [1.54, 1.807) is 6.92 Å². The fourth-order valence-electron chi connectivity index (χ4n) is 1.07. The molecule has 0 aliphatic rings. The molecule has 1 aromatic heterocycles. The second kappa shape index (κ2) is 5.01. The molecule has 0 aromatic carbocycles. The van der Waals surface area contributed by atoms with Crippen molar-refractivity contribution in [3.63, 3.8) is 0 Å². The molecule has 0 unspecified atom stereocenters. The van der Waals surface area contributed by atoms with Gasteiger partial charge >= 0.3 is 6.18 Å². The van der Waals surface area contributed by atoms with E-state index in [1.807, 2.05) is 0 Å². The van der Waals surface area contributed by atoms with Crippen molar-refractivity contribution in [2.24, 2.45) is 0 Å². The number of hydrogen-bond acceptors (Lipinski definition) is 3. The average molecular weight is 273 g/mol. The number of rotatable bonds is 3. The van der Waals surface area contributed by atoms with Crippen LogP contribution in [0.15, 0.2) is 0 Å². The Labute approximate surface area is 98.6 Å². The quantitative estimate of drug-likeness (QED) is 0.919. The lowest BCUT2D eigenvalue weighted by molar-refractivity contribution is -0.141. The van der Waals surface area contributed by atoms with Crippen LogP contribution in [0.4, 0.5) is 13.2 Å². The van der Waals surface area contributed by atoms with Gasteiger partial charge in [-0.25, -0.2) is 4.98 Å². The molecule has 3 nitrogen and oxygen atoms in total. The van der Waals surface area contributed by atoms with Crippen LogP contribution in [0.1, 0.15) is 17.5 Å². The number of halogens is 4. The zero-order valence-corrected chi connectivity index (χ0v) is 9.76. The third-order valence-electron chi connectivity index (χ3n) is 1.63. The van der Waals surface area contributed by atoms with E-state index < -0.39 is 17.8 Å². The van der Waals surface area contributed by atoms with Crippen molar-refractivity contribution >= 4 is 28.8 Å². The predicted molar refractivity (Wildman–Crippen MR) is 54.5 cm³/mol. The molecule has 16 heavy (non-hydrogen) atoms. The minimum atomic E-state index is -4.58. The van der Waals surface area contributed by atoms with E-state index in [-0.39, 0.29) is 15.8 Å². The Kier molecular flexibility index (Phi) is 4.15. The maximum Gasteiger partial charge on any atom is 0.434 e. The van der Waals surface area contributed by atoms with E-state index in [9.17, 15) is 18.0 Å². The fraction of sp³-hybridized carbons (Fsp3) is 0.500. The summed E-state index contributed by atoms with van der Waals surface area (Å²) >= 11 is 6.08. The summed E-state index contributed by atoms with van der Waals surface area (Å²) in [6.45, 7) is 2.05. The van der Waals surface area contributed by atoms with E-state index in [2.05, 4.69) is 10.3 Å². The number of alkyl halides is 3. The molecule has 0 aliphatic heterocycles. The normalized spacial score (nSPS) is 11.6. The van der Waals surface area contributed by atoms with E-state index in [1.165, 1.54) is 0 Å². The van der Waals surface area contributed by atoms with Crippen LogP contribution in [0.25, 0.3) is 0 Å². The molecule has 1 aromatic rings. The molecule has 1 rings (SSSR count). The van der Waals surface area contributed by atoms with Gasteiger partial charge in [-0.2, -0.15) is 13.2 Å². The monoisotopic (exact) mass is 272 g/mol. The Hall–Kier alpha value is -0.820. The number of carbonyl (C=O) groups is 1. The van der Waals surface area contributed by atoms with Crippen LogP contribution in [0, 0.1) is 0 Å². The lowest BCUT2D eigenvalue weighted by Gasteiger charge is -2.05. The van der Waals surface area contributed by atoms with Crippen molar-refractivity contribution in [2.45, 2.75) is 19.5 Å². The first-order chi connectivity index (χ1) is 7.34. The van der Waals surface area contributed by atoms with Crippen LogP contribution in [0.5, 0.6) is 0 Å². The summed E-state index contributed by atoms with van der Waals surface area (Å²) in [4.78, 5) is 14.2. The Morgan fingerprint density at radius 1 is 1.56 bits per heavy atom. The van der Waals surface area contributed by atoms with Crippen molar-refractivity contribution in [1.82, 2.24) is 10.3 Å². The Balaban J connectivity index is 2.91. The summed E-state index contributed by atoms with van der Waals surface area (Å²) in [6.07, 6.45) is -4.93. The first kappa shape index (κ1) is 13.2.